The Hall–Kier alpha value is -2.86. The van der Waals surface area contributed by atoms with Crippen molar-refractivity contribution in [2.24, 2.45) is 0 Å². The average Bonchev–Trinajstić information content (AvgIpc) is 2.65. The monoisotopic (exact) mass is 358 g/mol. The van der Waals surface area contributed by atoms with Crippen molar-refractivity contribution >= 4 is 11.9 Å². The van der Waals surface area contributed by atoms with Gasteiger partial charge in [-0.15, -0.1) is 0 Å². The fourth-order valence-electron chi connectivity index (χ4n) is 2.36. The zero-order valence-electron chi connectivity index (χ0n) is 14.3. The number of aliphatic hydroxyl groups is 1. The lowest BCUT2D eigenvalue weighted by atomic mass is 10.1. The molecule has 6 heteroatoms. The van der Waals surface area contributed by atoms with E-state index in [2.05, 4.69) is 0 Å². The third-order valence-electron chi connectivity index (χ3n) is 3.65. The average molecular weight is 358 g/mol. The van der Waals surface area contributed by atoms with Gasteiger partial charge in [0.05, 0.1) is 19.4 Å². The van der Waals surface area contributed by atoms with Crippen LogP contribution in [0.5, 0.6) is 5.75 Å². The summed E-state index contributed by atoms with van der Waals surface area (Å²) in [5.74, 6) is -1.02. The molecule has 26 heavy (non-hydrogen) atoms. The highest BCUT2D eigenvalue weighted by atomic mass is 16.6. The molecule has 0 saturated carbocycles. The minimum atomic E-state index is -1.06. The van der Waals surface area contributed by atoms with Gasteiger partial charge in [0, 0.05) is 6.42 Å². The summed E-state index contributed by atoms with van der Waals surface area (Å²) < 4.78 is 10.9. The van der Waals surface area contributed by atoms with Gasteiger partial charge in [-0.1, -0.05) is 42.5 Å². The molecule has 2 N–H and O–H groups in total. The van der Waals surface area contributed by atoms with Crippen molar-refractivity contribution in [1.29, 1.82) is 0 Å². The number of ether oxygens (including phenoxy) is 2. The van der Waals surface area contributed by atoms with Gasteiger partial charge in [-0.05, 0) is 23.3 Å². The molecule has 6 nitrogen and oxygen atoms in total. The molecule has 0 radical (unpaired) electrons. The zero-order chi connectivity index (χ0) is 18.8. The van der Waals surface area contributed by atoms with Gasteiger partial charge in [-0.2, -0.15) is 0 Å². The maximum atomic E-state index is 11.6. The smallest absolute Gasteiger partial charge is 0.306 e. The molecule has 0 aliphatic heterocycles. The van der Waals surface area contributed by atoms with Crippen LogP contribution in [0, 0.1) is 0 Å². The van der Waals surface area contributed by atoms with E-state index in [-0.39, 0.29) is 19.4 Å². The minimum Gasteiger partial charge on any atom is -0.489 e. The van der Waals surface area contributed by atoms with Crippen molar-refractivity contribution in [2.45, 2.75) is 32.0 Å². The zero-order valence-corrected chi connectivity index (χ0v) is 14.3. The number of benzene rings is 2. The van der Waals surface area contributed by atoms with E-state index < -0.39 is 18.0 Å². The van der Waals surface area contributed by atoms with E-state index in [0.29, 0.717) is 18.8 Å². The summed E-state index contributed by atoms with van der Waals surface area (Å²) in [6.07, 6.45) is -0.912. The number of carbonyl (C=O) groups is 2. The second-order valence-electron chi connectivity index (χ2n) is 5.81. The Morgan fingerprint density at radius 1 is 0.962 bits per heavy atom. The first-order valence-corrected chi connectivity index (χ1v) is 8.34. The normalized spacial score (nSPS) is 11.6. The van der Waals surface area contributed by atoms with Crippen molar-refractivity contribution in [3.05, 3.63) is 65.7 Å². The van der Waals surface area contributed by atoms with E-state index in [4.69, 9.17) is 14.6 Å². The number of esters is 1. The Labute approximate surface area is 152 Å². The summed E-state index contributed by atoms with van der Waals surface area (Å²) in [6, 6.07) is 17.1. The van der Waals surface area contributed by atoms with Crippen LogP contribution in [0.2, 0.25) is 0 Å². The summed E-state index contributed by atoms with van der Waals surface area (Å²) in [5, 5.41) is 18.0. The summed E-state index contributed by atoms with van der Waals surface area (Å²) in [5.41, 5.74) is 1.90. The van der Waals surface area contributed by atoms with E-state index in [0.717, 1.165) is 11.1 Å². The van der Waals surface area contributed by atoms with Crippen molar-refractivity contribution in [3.63, 3.8) is 0 Å². The second kappa shape index (κ2) is 10.2. The first kappa shape index (κ1) is 19.5. The molecule has 0 fully saturated rings. The van der Waals surface area contributed by atoms with E-state index >= 15 is 0 Å². The summed E-state index contributed by atoms with van der Waals surface area (Å²) in [4.78, 5) is 22.1. The van der Waals surface area contributed by atoms with Crippen LogP contribution in [0.25, 0.3) is 0 Å². The highest BCUT2D eigenvalue weighted by molar-refractivity contribution is 5.76. The second-order valence-corrected chi connectivity index (χ2v) is 5.81. The van der Waals surface area contributed by atoms with Crippen molar-refractivity contribution in [2.75, 3.05) is 6.61 Å². The van der Waals surface area contributed by atoms with Gasteiger partial charge >= 0.3 is 11.9 Å². The topological polar surface area (TPSA) is 93.1 Å². The number of aliphatic hydroxyl groups excluding tert-OH is 1. The molecule has 2 aromatic rings. The van der Waals surface area contributed by atoms with Crippen LogP contribution < -0.4 is 4.74 Å². The van der Waals surface area contributed by atoms with Crippen LogP contribution in [0.4, 0.5) is 0 Å². The molecule has 0 amide bonds. The molecule has 0 spiro atoms. The van der Waals surface area contributed by atoms with Gasteiger partial charge in [0.2, 0.25) is 0 Å². The largest absolute Gasteiger partial charge is 0.489 e. The van der Waals surface area contributed by atoms with Crippen molar-refractivity contribution in [1.82, 2.24) is 0 Å². The lowest BCUT2D eigenvalue weighted by molar-refractivity contribution is -0.153. The molecule has 2 rings (SSSR count). The molecule has 138 valence electrons. The maximum Gasteiger partial charge on any atom is 0.306 e. The van der Waals surface area contributed by atoms with Crippen LogP contribution in [-0.2, 0) is 27.4 Å². The number of carboxylic acids is 1. The highest BCUT2D eigenvalue weighted by Crippen LogP contribution is 2.17. The number of hydrogen-bond acceptors (Lipinski definition) is 5. The molecular weight excluding hydrogens is 336 g/mol. The van der Waals surface area contributed by atoms with Crippen LogP contribution in [-0.4, -0.2) is 34.9 Å². The standard InChI is InChI=1S/C20H22O6/c21-13-18(26-20(24)10-9-19(22)23)12-16-7-4-8-17(11-16)25-14-15-5-2-1-3-6-15/h1-8,11,18,21H,9-10,12-14H2,(H,22,23). The lowest BCUT2D eigenvalue weighted by Gasteiger charge is -2.16. The highest BCUT2D eigenvalue weighted by Gasteiger charge is 2.15. The van der Waals surface area contributed by atoms with Crippen LogP contribution in [0.15, 0.2) is 54.6 Å². The van der Waals surface area contributed by atoms with Crippen molar-refractivity contribution < 1.29 is 29.3 Å². The Kier molecular flexibility index (Phi) is 7.64. The number of carbonyl (C=O) groups excluding carboxylic acids is 1. The Balaban J connectivity index is 1.89. The van der Waals surface area contributed by atoms with Gasteiger partial charge in [0.15, 0.2) is 0 Å². The number of carboxylic acid groups (broad SMARTS) is 1. The molecule has 0 aromatic heterocycles. The number of hydrogen-bond donors (Lipinski definition) is 2. The van der Waals surface area contributed by atoms with E-state index in [1.165, 1.54) is 0 Å². The van der Waals surface area contributed by atoms with Gasteiger partial charge in [-0.25, -0.2) is 0 Å². The summed E-state index contributed by atoms with van der Waals surface area (Å²) >= 11 is 0. The maximum absolute atomic E-state index is 11.6. The Morgan fingerprint density at radius 3 is 2.38 bits per heavy atom. The third kappa shape index (κ3) is 6.94. The summed E-state index contributed by atoms with van der Waals surface area (Å²) in [6.45, 7) is 0.103. The Bertz CT molecular complexity index is 713. The molecule has 2 aromatic carbocycles. The number of aliphatic carboxylic acids is 1. The predicted octanol–water partition coefficient (Wildman–Crippen LogP) is 2.58. The SMILES string of the molecule is O=C(O)CCC(=O)OC(CO)Cc1cccc(OCc2ccccc2)c1. The van der Waals surface area contributed by atoms with E-state index in [1.54, 1.807) is 0 Å². The van der Waals surface area contributed by atoms with E-state index in [1.807, 2.05) is 54.6 Å². The van der Waals surface area contributed by atoms with Gasteiger partial charge in [0.25, 0.3) is 0 Å². The van der Waals surface area contributed by atoms with Crippen LogP contribution in [0.3, 0.4) is 0 Å². The van der Waals surface area contributed by atoms with Crippen molar-refractivity contribution in [3.8, 4) is 5.75 Å². The Morgan fingerprint density at radius 2 is 1.69 bits per heavy atom. The van der Waals surface area contributed by atoms with Gasteiger partial charge < -0.3 is 19.7 Å². The first-order chi connectivity index (χ1) is 12.6. The van der Waals surface area contributed by atoms with Crippen LogP contribution in [0.1, 0.15) is 24.0 Å². The fraction of sp³-hybridized carbons (Fsp3) is 0.300. The van der Waals surface area contributed by atoms with Crippen LogP contribution >= 0.6 is 0 Å². The molecular formula is C20H22O6. The summed E-state index contributed by atoms with van der Waals surface area (Å²) in [7, 11) is 0. The lowest BCUT2D eigenvalue weighted by Crippen LogP contribution is -2.24. The molecule has 0 heterocycles. The molecule has 0 aliphatic rings. The van der Waals surface area contributed by atoms with Gasteiger partial charge in [-0.3, -0.25) is 9.59 Å². The molecule has 0 bridgehead atoms. The minimum absolute atomic E-state index is 0.216. The number of rotatable bonds is 10. The fourth-order valence-corrected chi connectivity index (χ4v) is 2.36. The first-order valence-electron chi connectivity index (χ1n) is 8.34. The van der Waals surface area contributed by atoms with Gasteiger partial charge in [0.1, 0.15) is 18.5 Å². The van der Waals surface area contributed by atoms with E-state index in [9.17, 15) is 14.7 Å². The molecule has 1 atom stereocenters. The quantitative estimate of drug-likeness (QED) is 0.634. The molecule has 0 saturated heterocycles. The predicted molar refractivity (Wildman–Crippen MR) is 94.8 cm³/mol. The third-order valence-corrected chi connectivity index (χ3v) is 3.65. The molecule has 0 aliphatic carbocycles. The molecule has 1 unspecified atom stereocenters.